The molecule has 2 atom stereocenters. The Morgan fingerprint density at radius 1 is 1.60 bits per heavy atom. The van der Waals surface area contributed by atoms with Gasteiger partial charge in [0.05, 0.1) is 18.2 Å². The summed E-state index contributed by atoms with van der Waals surface area (Å²) in [6.07, 6.45) is 0.396. The number of amides is 2. The van der Waals surface area contributed by atoms with Gasteiger partial charge in [0.15, 0.2) is 0 Å². The number of nitrogens with zero attached hydrogens (tertiary/aromatic N) is 1. The van der Waals surface area contributed by atoms with E-state index in [1.54, 1.807) is 11.4 Å². The van der Waals surface area contributed by atoms with Crippen LogP contribution in [-0.2, 0) is 4.79 Å². The molecule has 0 bridgehead atoms. The van der Waals surface area contributed by atoms with Gasteiger partial charge in [-0.15, -0.1) is 11.3 Å². The highest BCUT2D eigenvalue weighted by atomic mass is 32.1. The van der Waals surface area contributed by atoms with Crippen LogP contribution in [0.2, 0.25) is 0 Å². The molecule has 1 aliphatic rings. The van der Waals surface area contributed by atoms with Crippen molar-refractivity contribution in [3.63, 3.8) is 0 Å². The second-order valence-electron chi connectivity index (χ2n) is 5.14. The lowest BCUT2D eigenvalue weighted by atomic mass is 9.97. The van der Waals surface area contributed by atoms with Gasteiger partial charge in [0.1, 0.15) is 5.00 Å². The molecule has 0 saturated carbocycles. The van der Waals surface area contributed by atoms with Gasteiger partial charge in [0.25, 0.3) is 5.91 Å². The van der Waals surface area contributed by atoms with E-state index in [1.165, 1.54) is 11.3 Å². The van der Waals surface area contributed by atoms with Crippen LogP contribution in [0.5, 0.6) is 0 Å². The van der Waals surface area contributed by atoms with Crippen LogP contribution in [0, 0.1) is 5.92 Å². The molecular formula is C13H19N3O3S. The van der Waals surface area contributed by atoms with Crippen molar-refractivity contribution in [2.45, 2.75) is 19.4 Å². The number of carbonyl (C=O) groups is 2. The number of nitrogens with one attached hydrogen (secondary N) is 1. The van der Waals surface area contributed by atoms with Crippen molar-refractivity contribution >= 4 is 28.2 Å². The van der Waals surface area contributed by atoms with Crippen molar-refractivity contribution in [2.75, 3.05) is 25.0 Å². The summed E-state index contributed by atoms with van der Waals surface area (Å²) in [6.45, 7) is 3.63. The number of nitrogens with two attached hydrogens (primary N) is 1. The molecule has 1 aromatic rings. The van der Waals surface area contributed by atoms with E-state index < -0.39 is 5.91 Å². The number of piperidine rings is 1. The highest BCUT2D eigenvalue weighted by Gasteiger charge is 2.25. The van der Waals surface area contributed by atoms with E-state index in [1.807, 2.05) is 11.8 Å². The first-order valence-corrected chi connectivity index (χ1v) is 7.43. The zero-order chi connectivity index (χ0) is 14.7. The molecule has 7 heteroatoms. The van der Waals surface area contributed by atoms with E-state index in [9.17, 15) is 14.7 Å². The molecule has 4 N–H and O–H groups in total. The molecule has 110 valence electrons. The average molecular weight is 297 g/mol. The molecule has 1 fully saturated rings. The predicted octanol–water partition coefficient (Wildman–Crippen LogP) is 0.488. The third-order valence-corrected chi connectivity index (χ3v) is 4.32. The Morgan fingerprint density at radius 3 is 3.00 bits per heavy atom. The highest BCUT2D eigenvalue weighted by molar-refractivity contribution is 7.14. The number of anilines is 1. The third kappa shape index (κ3) is 3.56. The lowest BCUT2D eigenvalue weighted by Gasteiger charge is -2.33. The van der Waals surface area contributed by atoms with Crippen LogP contribution in [0.1, 0.15) is 23.7 Å². The fourth-order valence-corrected chi connectivity index (χ4v) is 3.14. The Kier molecular flexibility index (Phi) is 4.74. The van der Waals surface area contributed by atoms with Gasteiger partial charge >= 0.3 is 0 Å². The van der Waals surface area contributed by atoms with Gasteiger partial charge in [-0.3, -0.25) is 14.5 Å². The summed E-state index contributed by atoms with van der Waals surface area (Å²) in [5.74, 6) is -0.547. The van der Waals surface area contributed by atoms with Crippen LogP contribution in [0.25, 0.3) is 0 Å². The maximum absolute atomic E-state index is 12.0. The van der Waals surface area contributed by atoms with E-state index in [-0.39, 0.29) is 24.5 Å². The summed E-state index contributed by atoms with van der Waals surface area (Å²) >= 11 is 1.28. The van der Waals surface area contributed by atoms with E-state index in [4.69, 9.17) is 5.73 Å². The molecule has 2 unspecified atom stereocenters. The first-order chi connectivity index (χ1) is 9.47. The molecule has 6 nitrogen and oxygen atoms in total. The average Bonchev–Trinajstić information content (AvgIpc) is 2.82. The van der Waals surface area contributed by atoms with Crippen molar-refractivity contribution in [3.8, 4) is 0 Å². The van der Waals surface area contributed by atoms with Gasteiger partial charge in [-0.05, 0) is 23.8 Å². The molecule has 1 aromatic heterocycles. The van der Waals surface area contributed by atoms with E-state index in [0.29, 0.717) is 30.1 Å². The number of carbonyl (C=O) groups excluding carboxylic acids is 2. The van der Waals surface area contributed by atoms with Crippen LogP contribution in [0.3, 0.4) is 0 Å². The second kappa shape index (κ2) is 6.34. The smallest absolute Gasteiger partial charge is 0.251 e. The highest BCUT2D eigenvalue weighted by Crippen LogP contribution is 2.23. The third-order valence-electron chi connectivity index (χ3n) is 3.49. The van der Waals surface area contributed by atoms with E-state index in [0.717, 1.165) is 0 Å². The fraction of sp³-hybridized carbons (Fsp3) is 0.538. The minimum Gasteiger partial charge on any atom is -0.393 e. The summed E-state index contributed by atoms with van der Waals surface area (Å²) < 4.78 is 0. The Labute approximate surface area is 121 Å². The molecule has 0 aliphatic carbocycles. The van der Waals surface area contributed by atoms with Crippen LogP contribution in [0.15, 0.2) is 11.4 Å². The number of primary amides is 1. The number of likely N-dealkylation sites (tertiary alicyclic amines) is 1. The minimum atomic E-state index is -0.545. The summed E-state index contributed by atoms with van der Waals surface area (Å²) in [7, 11) is 0. The first-order valence-electron chi connectivity index (χ1n) is 6.55. The molecule has 20 heavy (non-hydrogen) atoms. The van der Waals surface area contributed by atoms with Gasteiger partial charge in [-0.2, -0.15) is 0 Å². The maximum Gasteiger partial charge on any atom is 0.251 e. The van der Waals surface area contributed by atoms with Gasteiger partial charge < -0.3 is 16.2 Å². The van der Waals surface area contributed by atoms with Crippen LogP contribution >= 0.6 is 11.3 Å². The quantitative estimate of drug-likeness (QED) is 0.753. The van der Waals surface area contributed by atoms with Gasteiger partial charge in [-0.25, -0.2) is 0 Å². The Morgan fingerprint density at radius 2 is 2.35 bits per heavy atom. The normalized spacial score (nSPS) is 23.5. The van der Waals surface area contributed by atoms with Gasteiger partial charge in [0, 0.05) is 13.1 Å². The lowest BCUT2D eigenvalue weighted by molar-refractivity contribution is -0.118. The van der Waals surface area contributed by atoms with Crippen molar-refractivity contribution in [2.24, 2.45) is 11.7 Å². The summed E-state index contributed by atoms with van der Waals surface area (Å²) in [6, 6.07) is 1.60. The van der Waals surface area contributed by atoms with Crippen LogP contribution in [-0.4, -0.2) is 47.6 Å². The number of rotatable bonds is 4. The van der Waals surface area contributed by atoms with Crippen molar-refractivity contribution in [1.82, 2.24) is 4.90 Å². The molecule has 1 aliphatic heterocycles. The molecular weight excluding hydrogens is 278 g/mol. The summed E-state index contributed by atoms with van der Waals surface area (Å²) in [4.78, 5) is 25.2. The Balaban J connectivity index is 1.89. The van der Waals surface area contributed by atoms with Crippen molar-refractivity contribution < 1.29 is 14.7 Å². The zero-order valence-corrected chi connectivity index (χ0v) is 12.2. The molecule has 2 rings (SSSR count). The largest absolute Gasteiger partial charge is 0.393 e. The monoisotopic (exact) mass is 297 g/mol. The summed E-state index contributed by atoms with van der Waals surface area (Å²) in [5.41, 5.74) is 5.57. The number of thiophene rings is 1. The zero-order valence-electron chi connectivity index (χ0n) is 11.3. The number of aliphatic hydroxyl groups is 1. The SMILES string of the molecule is CC1CN(CC(=O)Nc2sccc2C(N)=O)CCC1O. The van der Waals surface area contributed by atoms with Crippen molar-refractivity contribution in [1.29, 1.82) is 0 Å². The van der Waals surface area contributed by atoms with E-state index >= 15 is 0 Å². The van der Waals surface area contributed by atoms with Crippen molar-refractivity contribution in [3.05, 3.63) is 17.0 Å². The standard InChI is InChI=1S/C13H19N3O3S/c1-8-6-16(4-2-10(8)17)7-11(18)15-13-9(12(14)19)3-5-20-13/h3,5,8,10,17H,2,4,6-7H2,1H3,(H2,14,19)(H,15,18). The van der Waals surface area contributed by atoms with Crippen LogP contribution in [0.4, 0.5) is 5.00 Å². The molecule has 2 heterocycles. The van der Waals surface area contributed by atoms with Crippen LogP contribution < -0.4 is 11.1 Å². The molecule has 0 radical (unpaired) electrons. The fourth-order valence-electron chi connectivity index (χ4n) is 2.33. The molecule has 2 amide bonds. The first kappa shape index (κ1) is 15.0. The lowest BCUT2D eigenvalue weighted by Crippen LogP contribution is -2.45. The second-order valence-corrected chi connectivity index (χ2v) is 6.06. The molecule has 0 spiro atoms. The Bertz CT molecular complexity index is 503. The molecule has 1 saturated heterocycles. The summed E-state index contributed by atoms with van der Waals surface area (Å²) in [5, 5.41) is 14.6. The maximum atomic E-state index is 12.0. The number of hydrogen-bond acceptors (Lipinski definition) is 5. The number of hydrogen-bond donors (Lipinski definition) is 3. The number of aliphatic hydroxyl groups excluding tert-OH is 1. The van der Waals surface area contributed by atoms with E-state index in [2.05, 4.69) is 5.32 Å². The Hall–Kier alpha value is -1.44. The molecule has 0 aromatic carbocycles. The topological polar surface area (TPSA) is 95.7 Å². The van der Waals surface area contributed by atoms with Gasteiger partial charge in [-0.1, -0.05) is 6.92 Å². The predicted molar refractivity (Wildman–Crippen MR) is 77.7 cm³/mol. The minimum absolute atomic E-state index is 0.166. The van der Waals surface area contributed by atoms with Gasteiger partial charge in [0.2, 0.25) is 5.91 Å².